The molecule has 142 valence electrons. The third-order valence-corrected chi connectivity index (χ3v) is 4.59. The molecule has 0 spiro atoms. The van der Waals surface area contributed by atoms with Crippen LogP contribution in [0.4, 0.5) is 0 Å². The number of aliphatic imine (C=N–C) groups is 1. The van der Waals surface area contributed by atoms with Crippen molar-refractivity contribution >= 4 is 11.9 Å². The molecule has 1 aliphatic heterocycles. The zero-order chi connectivity index (χ0) is 18.5. The number of hydrogen-bond donors (Lipinski definition) is 2. The van der Waals surface area contributed by atoms with E-state index in [9.17, 15) is 4.79 Å². The fraction of sp³-hybridized carbons (Fsp3) is 0.600. The number of morpholine rings is 1. The molecule has 2 atom stereocenters. The van der Waals surface area contributed by atoms with Crippen LogP contribution in [-0.4, -0.2) is 54.7 Å². The fourth-order valence-corrected chi connectivity index (χ4v) is 3.19. The van der Waals surface area contributed by atoms with Gasteiger partial charge in [0.1, 0.15) is 0 Å². The molecule has 1 saturated heterocycles. The highest BCUT2D eigenvalue weighted by molar-refractivity contribution is 5.94. The smallest absolute Gasteiger partial charge is 0.254 e. The summed E-state index contributed by atoms with van der Waals surface area (Å²) in [5, 5.41) is 6.68. The van der Waals surface area contributed by atoms with Crippen LogP contribution in [0.2, 0.25) is 0 Å². The second-order valence-corrected chi connectivity index (χ2v) is 7.28. The molecule has 2 N–H and O–H groups in total. The van der Waals surface area contributed by atoms with Crippen molar-refractivity contribution in [2.24, 2.45) is 4.99 Å². The maximum atomic E-state index is 12.7. The average molecular weight is 358 g/mol. The molecule has 0 bridgehead atoms. The van der Waals surface area contributed by atoms with Gasteiger partial charge in [-0.15, -0.1) is 0 Å². The molecule has 2 unspecified atom stereocenters. The van der Waals surface area contributed by atoms with Gasteiger partial charge in [-0.05, 0) is 51.3 Å². The summed E-state index contributed by atoms with van der Waals surface area (Å²) in [5.74, 6) is 0.942. The molecule has 1 aliphatic carbocycles. The molecule has 6 nitrogen and oxygen atoms in total. The largest absolute Gasteiger partial charge is 0.372 e. The predicted molar refractivity (Wildman–Crippen MR) is 103 cm³/mol. The van der Waals surface area contributed by atoms with Crippen LogP contribution in [0.15, 0.2) is 29.3 Å². The summed E-state index contributed by atoms with van der Waals surface area (Å²) in [6.07, 6.45) is 2.61. The zero-order valence-corrected chi connectivity index (χ0v) is 16.0. The molecule has 0 radical (unpaired) electrons. The van der Waals surface area contributed by atoms with E-state index in [4.69, 9.17) is 4.74 Å². The van der Waals surface area contributed by atoms with Gasteiger partial charge >= 0.3 is 0 Å². The highest BCUT2D eigenvalue weighted by Gasteiger charge is 2.26. The Morgan fingerprint density at radius 2 is 1.85 bits per heavy atom. The van der Waals surface area contributed by atoms with Gasteiger partial charge in [0, 0.05) is 31.2 Å². The Labute approximate surface area is 156 Å². The topological polar surface area (TPSA) is 66.0 Å². The first kappa shape index (κ1) is 18.7. The number of amides is 1. The second-order valence-electron chi connectivity index (χ2n) is 7.28. The molecule has 1 saturated carbocycles. The number of carbonyl (C=O) groups excluding carboxylic acids is 1. The Balaban J connectivity index is 1.59. The number of ether oxygens (including phenoxy) is 1. The van der Waals surface area contributed by atoms with Crippen LogP contribution in [0.3, 0.4) is 0 Å². The number of guanidine groups is 1. The number of benzene rings is 1. The van der Waals surface area contributed by atoms with Gasteiger partial charge in [-0.1, -0.05) is 12.1 Å². The van der Waals surface area contributed by atoms with E-state index in [0.29, 0.717) is 25.7 Å². The molecule has 3 rings (SSSR count). The molecule has 1 aromatic rings. The predicted octanol–water partition coefficient (Wildman–Crippen LogP) is 2.15. The van der Waals surface area contributed by atoms with Gasteiger partial charge in [-0.25, -0.2) is 4.99 Å². The van der Waals surface area contributed by atoms with Crippen LogP contribution >= 0.6 is 0 Å². The number of rotatable bonds is 5. The van der Waals surface area contributed by atoms with Crippen LogP contribution < -0.4 is 10.6 Å². The maximum Gasteiger partial charge on any atom is 0.254 e. The standard InChI is InChI=1S/C20H30N4O2/c1-4-21-20(23-18-9-10-18)22-11-16-5-7-17(8-6-16)19(25)24-12-14(2)26-15(3)13-24/h5-8,14-15,18H,4,9-13H2,1-3H3,(H2,21,22,23). The first-order valence-electron chi connectivity index (χ1n) is 9.63. The second kappa shape index (κ2) is 8.54. The van der Waals surface area contributed by atoms with Crippen LogP contribution in [0, 0.1) is 0 Å². The number of hydrogen-bond acceptors (Lipinski definition) is 3. The number of nitrogens with zero attached hydrogens (tertiary/aromatic N) is 2. The molecule has 26 heavy (non-hydrogen) atoms. The van der Waals surface area contributed by atoms with Crippen LogP contribution in [0.25, 0.3) is 0 Å². The van der Waals surface area contributed by atoms with E-state index in [-0.39, 0.29) is 18.1 Å². The molecule has 1 heterocycles. The van der Waals surface area contributed by atoms with E-state index in [0.717, 1.165) is 23.6 Å². The SMILES string of the molecule is CCNC(=NCc1ccc(C(=O)N2CC(C)OC(C)C2)cc1)NC1CC1. The van der Waals surface area contributed by atoms with E-state index < -0.39 is 0 Å². The summed E-state index contributed by atoms with van der Waals surface area (Å²) in [5.41, 5.74) is 1.82. The highest BCUT2D eigenvalue weighted by atomic mass is 16.5. The van der Waals surface area contributed by atoms with Crippen molar-refractivity contribution in [3.8, 4) is 0 Å². The summed E-state index contributed by atoms with van der Waals surface area (Å²) in [6, 6.07) is 8.36. The monoisotopic (exact) mass is 358 g/mol. The van der Waals surface area contributed by atoms with E-state index in [1.54, 1.807) is 0 Å². The minimum atomic E-state index is 0.0748. The van der Waals surface area contributed by atoms with Crippen LogP contribution in [0.1, 0.15) is 49.5 Å². The lowest BCUT2D eigenvalue weighted by molar-refractivity contribution is -0.0586. The van der Waals surface area contributed by atoms with Crippen LogP contribution in [0.5, 0.6) is 0 Å². The van der Waals surface area contributed by atoms with Crippen molar-refractivity contribution in [3.63, 3.8) is 0 Å². The first-order valence-corrected chi connectivity index (χ1v) is 9.63. The van der Waals surface area contributed by atoms with Gasteiger partial charge in [-0.3, -0.25) is 4.79 Å². The Kier molecular flexibility index (Phi) is 6.14. The Morgan fingerprint density at radius 3 is 2.42 bits per heavy atom. The summed E-state index contributed by atoms with van der Waals surface area (Å²) in [6.45, 7) is 8.83. The first-order chi connectivity index (χ1) is 12.5. The molecule has 6 heteroatoms. The molecule has 0 aromatic heterocycles. The van der Waals surface area contributed by atoms with E-state index >= 15 is 0 Å². The molecular formula is C20H30N4O2. The van der Waals surface area contributed by atoms with Crippen molar-refractivity contribution < 1.29 is 9.53 Å². The number of nitrogens with one attached hydrogen (secondary N) is 2. The van der Waals surface area contributed by atoms with E-state index in [2.05, 4.69) is 22.5 Å². The van der Waals surface area contributed by atoms with Gasteiger partial charge in [0.2, 0.25) is 0 Å². The summed E-state index contributed by atoms with van der Waals surface area (Å²) < 4.78 is 5.71. The normalized spacial score (nSPS) is 23.7. The van der Waals surface area contributed by atoms with Gasteiger partial charge in [0.05, 0.1) is 18.8 Å². The minimum absolute atomic E-state index is 0.0748. The lowest BCUT2D eigenvalue weighted by Crippen LogP contribution is -2.48. The molecule has 1 aromatic carbocycles. The Morgan fingerprint density at radius 1 is 1.19 bits per heavy atom. The van der Waals surface area contributed by atoms with Crippen molar-refractivity contribution in [3.05, 3.63) is 35.4 Å². The van der Waals surface area contributed by atoms with Gasteiger partial charge in [0.25, 0.3) is 5.91 Å². The van der Waals surface area contributed by atoms with Crippen molar-refractivity contribution in [1.82, 2.24) is 15.5 Å². The lowest BCUT2D eigenvalue weighted by atomic mass is 10.1. The third kappa shape index (κ3) is 5.21. The maximum absolute atomic E-state index is 12.7. The third-order valence-electron chi connectivity index (χ3n) is 4.59. The fourth-order valence-electron chi connectivity index (χ4n) is 3.19. The molecular weight excluding hydrogens is 328 g/mol. The minimum Gasteiger partial charge on any atom is -0.372 e. The van der Waals surface area contributed by atoms with Crippen molar-refractivity contribution in [2.75, 3.05) is 19.6 Å². The quantitative estimate of drug-likeness (QED) is 0.625. The zero-order valence-electron chi connectivity index (χ0n) is 16.0. The van der Waals surface area contributed by atoms with Crippen LogP contribution in [-0.2, 0) is 11.3 Å². The van der Waals surface area contributed by atoms with Gasteiger partial charge < -0.3 is 20.3 Å². The highest BCUT2D eigenvalue weighted by Crippen LogP contribution is 2.18. The summed E-state index contributed by atoms with van der Waals surface area (Å²) in [4.78, 5) is 19.2. The lowest BCUT2D eigenvalue weighted by Gasteiger charge is -2.35. The van der Waals surface area contributed by atoms with Crippen molar-refractivity contribution in [2.45, 2.75) is 58.4 Å². The summed E-state index contributed by atoms with van der Waals surface area (Å²) in [7, 11) is 0. The molecule has 1 amide bonds. The Bertz CT molecular complexity index is 630. The molecule has 2 fully saturated rings. The Hall–Kier alpha value is -2.08. The number of carbonyl (C=O) groups is 1. The summed E-state index contributed by atoms with van der Waals surface area (Å²) >= 11 is 0. The van der Waals surface area contributed by atoms with Crippen molar-refractivity contribution in [1.29, 1.82) is 0 Å². The molecule has 2 aliphatic rings. The van der Waals surface area contributed by atoms with Gasteiger partial charge in [0.15, 0.2) is 5.96 Å². The average Bonchev–Trinajstić information content (AvgIpc) is 3.43. The van der Waals surface area contributed by atoms with E-state index in [1.807, 2.05) is 43.0 Å². The van der Waals surface area contributed by atoms with Gasteiger partial charge in [-0.2, -0.15) is 0 Å². The van der Waals surface area contributed by atoms with E-state index in [1.165, 1.54) is 12.8 Å².